The molecule has 2 aromatic rings. The maximum absolute atomic E-state index is 12.2. The monoisotopic (exact) mass is 359 g/mol. The van der Waals surface area contributed by atoms with Crippen molar-refractivity contribution in [3.05, 3.63) is 69.7 Å². The lowest BCUT2D eigenvalue weighted by Gasteiger charge is -2.08. The third-order valence-corrected chi connectivity index (χ3v) is 3.99. The van der Waals surface area contributed by atoms with Crippen LogP contribution < -0.4 is 5.32 Å². The zero-order chi connectivity index (χ0) is 15.9. The van der Waals surface area contributed by atoms with Gasteiger partial charge in [0.1, 0.15) is 5.75 Å². The topological polar surface area (TPSA) is 49.3 Å². The van der Waals surface area contributed by atoms with Crippen LogP contribution in [-0.4, -0.2) is 11.0 Å². The van der Waals surface area contributed by atoms with Gasteiger partial charge >= 0.3 is 0 Å². The van der Waals surface area contributed by atoms with Crippen molar-refractivity contribution in [3.8, 4) is 5.75 Å². The Morgan fingerprint density at radius 3 is 2.77 bits per heavy atom. The summed E-state index contributed by atoms with van der Waals surface area (Å²) in [6.45, 7) is 2.46. The Morgan fingerprint density at radius 2 is 2.05 bits per heavy atom. The maximum Gasteiger partial charge on any atom is 0.251 e. The average Bonchev–Trinajstić information content (AvgIpc) is 2.53. The lowest BCUT2D eigenvalue weighted by Crippen LogP contribution is -2.23. The quantitative estimate of drug-likeness (QED) is 0.824. The van der Waals surface area contributed by atoms with E-state index >= 15 is 0 Å². The van der Waals surface area contributed by atoms with Crippen molar-refractivity contribution >= 4 is 27.9 Å². The first kappa shape index (κ1) is 16.3. The molecule has 0 bridgehead atoms. The molecule has 0 radical (unpaired) electrons. The lowest BCUT2D eigenvalue weighted by atomic mass is 10.1. The van der Waals surface area contributed by atoms with Crippen molar-refractivity contribution in [1.29, 1.82) is 0 Å². The van der Waals surface area contributed by atoms with E-state index in [9.17, 15) is 9.90 Å². The molecular weight excluding hydrogens is 342 g/mol. The molecule has 2 N–H and O–H groups in total. The fraction of sp³-hybridized carbons (Fsp3) is 0.167. The van der Waals surface area contributed by atoms with Gasteiger partial charge in [0, 0.05) is 22.1 Å². The van der Waals surface area contributed by atoms with E-state index in [-0.39, 0.29) is 11.7 Å². The predicted molar refractivity (Wildman–Crippen MR) is 92.7 cm³/mol. The summed E-state index contributed by atoms with van der Waals surface area (Å²) in [6.07, 6.45) is 4.63. The molecule has 2 rings (SSSR count). The number of hydrogen-bond acceptors (Lipinski definition) is 2. The number of amides is 1. The van der Waals surface area contributed by atoms with Crippen LogP contribution in [0.5, 0.6) is 5.75 Å². The highest BCUT2D eigenvalue weighted by molar-refractivity contribution is 9.10. The molecule has 2 aromatic carbocycles. The smallest absolute Gasteiger partial charge is 0.251 e. The van der Waals surface area contributed by atoms with Gasteiger partial charge in [-0.2, -0.15) is 0 Å². The number of halogens is 1. The second-order valence-corrected chi connectivity index (χ2v) is 5.71. The molecule has 0 heterocycles. The third-order valence-electron chi connectivity index (χ3n) is 3.22. The fourth-order valence-corrected chi connectivity index (χ4v) is 2.42. The van der Waals surface area contributed by atoms with Crippen LogP contribution in [0, 0.1) is 0 Å². The molecule has 0 saturated carbocycles. The maximum atomic E-state index is 12.2. The van der Waals surface area contributed by atoms with Gasteiger partial charge in [0.05, 0.1) is 0 Å². The van der Waals surface area contributed by atoms with E-state index in [0.29, 0.717) is 17.7 Å². The molecule has 0 fully saturated rings. The molecule has 0 atom stereocenters. The van der Waals surface area contributed by atoms with Gasteiger partial charge in [-0.05, 0) is 36.2 Å². The average molecular weight is 360 g/mol. The molecule has 0 saturated heterocycles. The summed E-state index contributed by atoms with van der Waals surface area (Å²) in [6, 6.07) is 12.6. The molecule has 114 valence electrons. The molecule has 1 amide bonds. The number of phenols is 1. The van der Waals surface area contributed by atoms with Crippen LogP contribution in [0.4, 0.5) is 0 Å². The summed E-state index contributed by atoms with van der Waals surface area (Å²) in [5.41, 5.74) is 2.19. The highest BCUT2D eigenvalue weighted by Crippen LogP contribution is 2.21. The normalized spacial score (nSPS) is 10.8. The summed E-state index contributed by atoms with van der Waals surface area (Å²) in [5.74, 6) is 0.00829. The van der Waals surface area contributed by atoms with Crippen LogP contribution in [0.15, 0.2) is 53.0 Å². The predicted octanol–water partition coefficient (Wildman–Crippen LogP) is 4.51. The number of aromatic hydroxyl groups is 1. The van der Waals surface area contributed by atoms with E-state index in [2.05, 4.69) is 21.2 Å². The molecule has 3 nitrogen and oxygen atoms in total. The minimum atomic E-state index is -0.165. The molecule has 4 heteroatoms. The fourth-order valence-electron chi connectivity index (χ4n) is 1.99. The van der Waals surface area contributed by atoms with Crippen molar-refractivity contribution in [2.75, 3.05) is 0 Å². The summed E-state index contributed by atoms with van der Waals surface area (Å²) < 4.78 is 0.965. The SMILES string of the molecule is CC/C=C/c1cc(C(=O)NCc2ccccc2Br)ccc1O. The Balaban J connectivity index is 2.10. The van der Waals surface area contributed by atoms with Gasteiger partial charge in [0.25, 0.3) is 5.91 Å². The molecule has 0 aliphatic rings. The van der Waals surface area contributed by atoms with Gasteiger partial charge in [-0.1, -0.05) is 53.2 Å². The van der Waals surface area contributed by atoms with Crippen molar-refractivity contribution in [2.24, 2.45) is 0 Å². The number of nitrogens with one attached hydrogen (secondary N) is 1. The molecule has 0 aliphatic carbocycles. The number of carbonyl (C=O) groups excluding carboxylic acids is 1. The van der Waals surface area contributed by atoms with Crippen LogP contribution in [-0.2, 0) is 6.54 Å². The van der Waals surface area contributed by atoms with Gasteiger partial charge in [0.15, 0.2) is 0 Å². The summed E-state index contributed by atoms with van der Waals surface area (Å²) in [4.78, 5) is 12.2. The standard InChI is InChI=1S/C18H18BrNO2/c1-2-3-6-13-11-14(9-10-17(13)21)18(22)20-12-15-7-4-5-8-16(15)19/h3-11,21H,2,12H2,1H3,(H,20,22)/b6-3+. The molecule has 0 spiro atoms. The Bertz CT molecular complexity index is 695. The van der Waals surface area contributed by atoms with Gasteiger partial charge in [-0.25, -0.2) is 0 Å². The van der Waals surface area contributed by atoms with Crippen LogP contribution in [0.1, 0.15) is 34.8 Å². The second-order valence-electron chi connectivity index (χ2n) is 4.86. The lowest BCUT2D eigenvalue weighted by molar-refractivity contribution is 0.0951. The van der Waals surface area contributed by atoms with E-state index < -0.39 is 0 Å². The van der Waals surface area contributed by atoms with E-state index in [4.69, 9.17) is 0 Å². The number of carbonyl (C=O) groups is 1. The van der Waals surface area contributed by atoms with Crippen LogP contribution in [0.25, 0.3) is 6.08 Å². The Labute approximate surface area is 138 Å². The Hall–Kier alpha value is -2.07. The van der Waals surface area contributed by atoms with E-state index in [1.54, 1.807) is 18.2 Å². The molecule has 0 aromatic heterocycles. The van der Waals surface area contributed by atoms with Gasteiger partial charge in [-0.15, -0.1) is 0 Å². The van der Waals surface area contributed by atoms with Crippen LogP contribution >= 0.6 is 15.9 Å². The molecule has 0 aliphatic heterocycles. The number of hydrogen-bond donors (Lipinski definition) is 2. The van der Waals surface area contributed by atoms with Crippen LogP contribution in [0.3, 0.4) is 0 Å². The zero-order valence-electron chi connectivity index (χ0n) is 12.3. The largest absolute Gasteiger partial charge is 0.507 e. The second kappa shape index (κ2) is 7.80. The van der Waals surface area contributed by atoms with Crippen molar-refractivity contribution in [2.45, 2.75) is 19.9 Å². The molecular formula is C18H18BrNO2. The molecule has 0 unspecified atom stereocenters. The summed E-state index contributed by atoms with van der Waals surface area (Å²) in [5, 5.41) is 12.7. The number of rotatable bonds is 5. The first-order valence-corrected chi connectivity index (χ1v) is 7.92. The number of allylic oxidation sites excluding steroid dienone is 1. The van der Waals surface area contributed by atoms with E-state index in [1.165, 1.54) is 0 Å². The van der Waals surface area contributed by atoms with Gasteiger partial charge < -0.3 is 10.4 Å². The first-order chi connectivity index (χ1) is 10.6. The molecule has 22 heavy (non-hydrogen) atoms. The Morgan fingerprint density at radius 1 is 1.27 bits per heavy atom. The van der Waals surface area contributed by atoms with Crippen molar-refractivity contribution < 1.29 is 9.90 Å². The minimum Gasteiger partial charge on any atom is -0.507 e. The number of phenolic OH excluding ortho intramolecular Hbond substituents is 1. The zero-order valence-corrected chi connectivity index (χ0v) is 13.9. The van der Waals surface area contributed by atoms with Gasteiger partial charge in [-0.3, -0.25) is 4.79 Å². The Kier molecular flexibility index (Phi) is 5.78. The van der Waals surface area contributed by atoms with E-state index in [0.717, 1.165) is 16.5 Å². The van der Waals surface area contributed by atoms with E-state index in [1.807, 2.05) is 43.3 Å². The summed E-state index contributed by atoms with van der Waals surface area (Å²) >= 11 is 3.46. The van der Waals surface area contributed by atoms with Crippen molar-refractivity contribution in [3.63, 3.8) is 0 Å². The van der Waals surface area contributed by atoms with Crippen LogP contribution in [0.2, 0.25) is 0 Å². The first-order valence-electron chi connectivity index (χ1n) is 7.13. The number of benzene rings is 2. The third kappa shape index (κ3) is 4.21. The highest BCUT2D eigenvalue weighted by atomic mass is 79.9. The summed E-state index contributed by atoms with van der Waals surface area (Å²) in [7, 11) is 0. The minimum absolute atomic E-state index is 0.165. The van der Waals surface area contributed by atoms with Gasteiger partial charge in [0.2, 0.25) is 0 Å². The highest BCUT2D eigenvalue weighted by Gasteiger charge is 2.08. The van der Waals surface area contributed by atoms with Crippen molar-refractivity contribution in [1.82, 2.24) is 5.32 Å².